The van der Waals surface area contributed by atoms with Crippen LogP contribution in [0.3, 0.4) is 0 Å². The quantitative estimate of drug-likeness (QED) is 0.314. The maximum absolute atomic E-state index is 10.5. The molecule has 30 heavy (non-hydrogen) atoms. The molecule has 0 bridgehead atoms. The lowest BCUT2D eigenvalue weighted by molar-refractivity contribution is 0.186. The Morgan fingerprint density at radius 3 is 2.70 bits per heavy atom. The number of aryl methyl sites for hydroxylation is 1. The molecule has 0 spiro atoms. The van der Waals surface area contributed by atoms with Crippen molar-refractivity contribution in [2.24, 2.45) is 4.99 Å². The van der Waals surface area contributed by atoms with Gasteiger partial charge in [0.1, 0.15) is 11.6 Å². The van der Waals surface area contributed by atoms with Crippen LogP contribution in [0.25, 0.3) is 0 Å². The Morgan fingerprint density at radius 2 is 2.07 bits per heavy atom. The molecule has 1 aromatic heterocycles. The second-order valence-corrected chi connectivity index (χ2v) is 7.54. The number of ether oxygens (including phenoxy) is 1. The van der Waals surface area contributed by atoms with E-state index in [2.05, 4.69) is 43.3 Å². The number of piperazine rings is 1. The number of hydrogen-bond acceptors (Lipinski definition) is 7. The SMILES string of the molecule is CCNC(=NCC(O)c1cccc(OC)c1)N1CCN(c2nc(CC)ns2)CC1.I. The van der Waals surface area contributed by atoms with Gasteiger partial charge in [-0.3, -0.25) is 4.99 Å². The van der Waals surface area contributed by atoms with Crippen molar-refractivity contribution in [3.05, 3.63) is 35.7 Å². The second-order valence-electron chi connectivity index (χ2n) is 6.81. The highest BCUT2D eigenvalue weighted by molar-refractivity contribution is 14.0. The van der Waals surface area contributed by atoms with Gasteiger partial charge in [0, 0.05) is 50.7 Å². The Bertz CT molecular complexity index is 810. The average Bonchev–Trinajstić information content (AvgIpc) is 3.26. The number of nitrogens with one attached hydrogen (secondary N) is 1. The van der Waals surface area contributed by atoms with E-state index in [-0.39, 0.29) is 24.0 Å². The van der Waals surface area contributed by atoms with Crippen LogP contribution in [0.4, 0.5) is 5.13 Å². The van der Waals surface area contributed by atoms with Gasteiger partial charge in [-0.2, -0.15) is 4.37 Å². The molecule has 10 heteroatoms. The van der Waals surface area contributed by atoms with E-state index in [0.717, 1.165) is 67.4 Å². The van der Waals surface area contributed by atoms with Crippen LogP contribution >= 0.6 is 35.5 Å². The van der Waals surface area contributed by atoms with Crippen LogP contribution in [-0.2, 0) is 6.42 Å². The third kappa shape index (κ3) is 6.42. The molecule has 2 N–H and O–H groups in total. The van der Waals surface area contributed by atoms with Gasteiger partial charge in [0.05, 0.1) is 19.8 Å². The number of benzene rings is 1. The molecule has 1 aromatic carbocycles. The summed E-state index contributed by atoms with van der Waals surface area (Å²) in [6, 6.07) is 7.48. The minimum Gasteiger partial charge on any atom is -0.497 e. The number of aliphatic hydroxyl groups excluding tert-OH is 1. The van der Waals surface area contributed by atoms with E-state index in [0.29, 0.717) is 6.54 Å². The highest BCUT2D eigenvalue weighted by atomic mass is 127. The summed E-state index contributed by atoms with van der Waals surface area (Å²) in [7, 11) is 1.62. The van der Waals surface area contributed by atoms with Crippen LogP contribution in [0, 0.1) is 0 Å². The van der Waals surface area contributed by atoms with Crippen molar-refractivity contribution >= 4 is 46.6 Å². The minimum atomic E-state index is -0.672. The number of aliphatic hydroxyl groups is 1. The molecule has 0 amide bonds. The molecule has 1 fully saturated rings. The predicted molar refractivity (Wildman–Crippen MR) is 132 cm³/mol. The fourth-order valence-electron chi connectivity index (χ4n) is 3.18. The first-order valence-corrected chi connectivity index (χ1v) is 10.8. The van der Waals surface area contributed by atoms with Crippen LogP contribution in [0.2, 0.25) is 0 Å². The summed E-state index contributed by atoms with van der Waals surface area (Å²) < 4.78 is 9.62. The molecule has 1 aliphatic rings. The Labute approximate surface area is 199 Å². The molecule has 1 saturated heterocycles. The summed E-state index contributed by atoms with van der Waals surface area (Å²) >= 11 is 1.47. The molecule has 2 aromatic rings. The normalized spacial score (nSPS) is 15.5. The Kier molecular flexibility index (Phi) is 10.1. The fraction of sp³-hybridized carbons (Fsp3) is 0.550. The zero-order valence-electron chi connectivity index (χ0n) is 17.7. The van der Waals surface area contributed by atoms with Crippen LogP contribution in [-0.4, -0.2) is 71.7 Å². The average molecular weight is 546 g/mol. The first-order valence-electron chi connectivity index (χ1n) is 10.1. The van der Waals surface area contributed by atoms with Crippen LogP contribution in [0.1, 0.15) is 31.3 Å². The molecular weight excluding hydrogens is 515 g/mol. The monoisotopic (exact) mass is 546 g/mol. The standard InChI is InChI=1S/C20H30N6O2S.HI/c1-4-18-23-20(29-24-18)26-11-9-25(10-12-26)19(21-5-2)22-14-17(27)15-7-6-8-16(13-15)28-3;/h6-8,13,17,27H,4-5,9-12,14H2,1-3H3,(H,21,22);1H. The zero-order chi connectivity index (χ0) is 20.6. The lowest BCUT2D eigenvalue weighted by Gasteiger charge is -2.36. The van der Waals surface area contributed by atoms with Crippen molar-refractivity contribution in [1.82, 2.24) is 19.6 Å². The molecule has 2 heterocycles. The lowest BCUT2D eigenvalue weighted by Crippen LogP contribution is -2.52. The molecular formula is C20H31IN6O2S. The van der Waals surface area contributed by atoms with Crippen molar-refractivity contribution in [2.45, 2.75) is 26.4 Å². The number of guanidine groups is 1. The number of halogens is 1. The Hall–Kier alpha value is -1.66. The van der Waals surface area contributed by atoms with Gasteiger partial charge in [-0.05, 0) is 24.6 Å². The largest absolute Gasteiger partial charge is 0.497 e. The third-order valence-electron chi connectivity index (χ3n) is 4.85. The van der Waals surface area contributed by atoms with E-state index in [1.807, 2.05) is 24.3 Å². The smallest absolute Gasteiger partial charge is 0.205 e. The number of methoxy groups -OCH3 is 1. The second kappa shape index (κ2) is 12.3. The van der Waals surface area contributed by atoms with Gasteiger partial charge >= 0.3 is 0 Å². The Morgan fingerprint density at radius 1 is 1.30 bits per heavy atom. The van der Waals surface area contributed by atoms with Crippen LogP contribution < -0.4 is 15.0 Å². The van der Waals surface area contributed by atoms with Gasteiger partial charge in [0.2, 0.25) is 5.13 Å². The number of aliphatic imine (C=N–C) groups is 1. The summed E-state index contributed by atoms with van der Waals surface area (Å²) in [5.74, 6) is 2.48. The number of hydrogen-bond donors (Lipinski definition) is 2. The maximum Gasteiger partial charge on any atom is 0.205 e. The molecule has 166 valence electrons. The predicted octanol–water partition coefficient (Wildman–Crippen LogP) is 2.55. The van der Waals surface area contributed by atoms with E-state index >= 15 is 0 Å². The number of anilines is 1. The van der Waals surface area contributed by atoms with Crippen LogP contribution in [0.5, 0.6) is 5.75 Å². The first kappa shape index (κ1) is 24.6. The highest BCUT2D eigenvalue weighted by Crippen LogP contribution is 2.21. The summed E-state index contributed by atoms with van der Waals surface area (Å²) in [5.41, 5.74) is 0.803. The number of aromatic nitrogens is 2. The summed E-state index contributed by atoms with van der Waals surface area (Å²) in [5, 5.41) is 14.9. The first-order chi connectivity index (χ1) is 14.1. The van der Waals surface area contributed by atoms with Crippen molar-refractivity contribution in [1.29, 1.82) is 0 Å². The molecule has 8 nitrogen and oxygen atoms in total. The van der Waals surface area contributed by atoms with Gasteiger partial charge in [-0.1, -0.05) is 19.1 Å². The van der Waals surface area contributed by atoms with Gasteiger partial charge in [0.15, 0.2) is 5.96 Å². The van der Waals surface area contributed by atoms with Gasteiger partial charge in [0.25, 0.3) is 0 Å². The van der Waals surface area contributed by atoms with Crippen molar-refractivity contribution < 1.29 is 9.84 Å². The van der Waals surface area contributed by atoms with Crippen LogP contribution in [0.15, 0.2) is 29.3 Å². The van der Waals surface area contributed by atoms with E-state index in [9.17, 15) is 5.11 Å². The van der Waals surface area contributed by atoms with Crippen molar-refractivity contribution in [3.8, 4) is 5.75 Å². The van der Waals surface area contributed by atoms with Gasteiger partial charge in [-0.15, -0.1) is 24.0 Å². The topological polar surface area (TPSA) is 86.1 Å². The molecule has 0 aliphatic carbocycles. The molecule has 0 saturated carbocycles. The third-order valence-corrected chi connectivity index (χ3v) is 5.67. The van der Waals surface area contributed by atoms with E-state index in [4.69, 9.17) is 4.74 Å². The van der Waals surface area contributed by atoms with Gasteiger partial charge in [-0.25, -0.2) is 4.98 Å². The molecule has 1 atom stereocenters. The molecule has 1 aliphatic heterocycles. The lowest BCUT2D eigenvalue weighted by atomic mass is 10.1. The highest BCUT2D eigenvalue weighted by Gasteiger charge is 2.22. The molecule has 3 rings (SSSR count). The molecule has 0 radical (unpaired) electrons. The number of nitrogens with zero attached hydrogens (tertiary/aromatic N) is 5. The van der Waals surface area contributed by atoms with Crippen molar-refractivity contribution in [3.63, 3.8) is 0 Å². The zero-order valence-corrected chi connectivity index (χ0v) is 20.9. The minimum absolute atomic E-state index is 0. The summed E-state index contributed by atoms with van der Waals surface area (Å²) in [6.45, 7) is 8.66. The Balaban J connectivity index is 0.00000320. The van der Waals surface area contributed by atoms with Crippen molar-refractivity contribution in [2.75, 3.05) is 51.3 Å². The number of rotatable bonds is 7. The van der Waals surface area contributed by atoms with Gasteiger partial charge < -0.3 is 25.0 Å². The molecule has 1 unspecified atom stereocenters. The maximum atomic E-state index is 10.5. The van der Waals surface area contributed by atoms with E-state index < -0.39 is 6.10 Å². The summed E-state index contributed by atoms with van der Waals surface area (Å²) in [6.07, 6.45) is 0.192. The van der Waals surface area contributed by atoms with E-state index in [1.54, 1.807) is 7.11 Å². The summed E-state index contributed by atoms with van der Waals surface area (Å²) in [4.78, 5) is 13.8. The fourth-order valence-corrected chi connectivity index (χ4v) is 3.98. The van der Waals surface area contributed by atoms with E-state index in [1.165, 1.54) is 11.5 Å².